The summed E-state index contributed by atoms with van der Waals surface area (Å²) in [5, 5.41) is 4.51. The van der Waals surface area contributed by atoms with Crippen LogP contribution in [0.15, 0.2) is 30.9 Å². The summed E-state index contributed by atoms with van der Waals surface area (Å²) in [7, 11) is 4.12. The van der Waals surface area contributed by atoms with Gasteiger partial charge in [-0.2, -0.15) is 0 Å². The fourth-order valence-corrected chi connectivity index (χ4v) is 2.73. The van der Waals surface area contributed by atoms with Gasteiger partial charge in [-0.05, 0) is 45.6 Å². The maximum absolute atomic E-state index is 4.52. The molecule has 120 valence electrons. The molecule has 3 aromatic rings. The van der Waals surface area contributed by atoms with E-state index in [-0.39, 0.29) is 0 Å². The van der Waals surface area contributed by atoms with Crippen molar-refractivity contribution in [3.8, 4) is 5.69 Å². The molecular formula is C17H22N6. The zero-order valence-corrected chi connectivity index (χ0v) is 14.0. The molecule has 23 heavy (non-hydrogen) atoms. The monoisotopic (exact) mass is 310 g/mol. The molecule has 0 atom stereocenters. The largest absolute Gasteiger partial charge is 0.368 e. The summed E-state index contributed by atoms with van der Waals surface area (Å²) >= 11 is 0. The van der Waals surface area contributed by atoms with Crippen LogP contribution in [0, 0.1) is 13.8 Å². The number of nitrogens with zero attached hydrogens (tertiary/aromatic N) is 5. The van der Waals surface area contributed by atoms with Crippen molar-refractivity contribution in [2.24, 2.45) is 0 Å². The number of hydrogen-bond donors (Lipinski definition) is 1. The number of rotatable bonds is 5. The Morgan fingerprint density at radius 1 is 1.22 bits per heavy atom. The number of likely N-dealkylation sites (N-methyl/N-ethyl adjacent to an activating group) is 1. The minimum Gasteiger partial charge on any atom is -0.368 e. The lowest BCUT2D eigenvalue weighted by atomic mass is 10.2. The number of anilines is 1. The second-order valence-corrected chi connectivity index (χ2v) is 5.91. The third kappa shape index (κ3) is 2.90. The molecular weight excluding hydrogens is 288 g/mol. The highest BCUT2D eigenvalue weighted by molar-refractivity contribution is 5.93. The number of aryl methyl sites for hydroxylation is 1. The minimum absolute atomic E-state index is 0.843. The van der Waals surface area contributed by atoms with Crippen LogP contribution >= 0.6 is 0 Å². The summed E-state index contributed by atoms with van der Waals surface area (Å²) in [6, 6.07) is 3.98. The van der Waals surface area contributed by atoms with E-state index in [1.165, 1.54) is 5.56 Å². The summed E-state index contributed by atoms with van der Waals surface area (Å²) in [6.45, 7) is 6.02. The molecule has 0 amide bonds. The summed E-state index contributed by atoms with van der Waals surface area (Å²) in [4.78, 5) is 15.3. The molecule has 3 heterocycles. The Morgan fingerprint density at radius 2 is 2.04 bits per heavy atom. The van der Waals surface area contributed by atoms with Crippen molar-refractivity contribution in [2.75, 3.05) is 32.5 Å². The van der Waals surface area contributed by atoms with Gasteiger partial charge in [-0.25, -0.2) is 9.97 Å². The van der Waals surface area contributed by atoms with Crippen molar-refractivity contribution in [3.63, 3.8) is 0 Å². The van der Waals surface area contributed by atoms with Gasteiger partial charge in [-0.1, -0.05) is 0 Å². The average molecular weight is 310 g/mol. The molecule has 6 nitrogen and oxygen atoms in total. The van der Waals surface area contributed by atoms with E-state index in [9.17, 15) is 0 Å². The molecule has 1 N–H and O–H groups in total. The number of hydrogen-bond acceptors (Lipinski definition) is 5. The first kappa shape index (κ1) is 15.4. The molecule has 0 bridgehead atoms. The molecule has 0 spiro atoms. The summed E-state index contributed by atoms with van der Waals surface area (Å²) in [5.74, 6) is 0.889. The Balaban J connectivity index is 2.09. The van der Waals surface area contributed by atoms with Gasteiger partial charge in [0.25, 0.3) is 0 Å². The van der Waals surface area contributed by atoms with E-state index in [2.05, 4.69) is 57.7 Å². The third-order valence-electron chi connectivity index (χ3n) is 4.05. The standard InChI is InChI=1S/C17H22N6/c1-12-13(2)23(14-6-5-7-18-10-14)17-15(12)16(20-11-21-17)19-8-9-22(3)4/h5-7,10-11H,8-9H2,1-4H3,(H,19,20,21). The molecule has 0 saturated heterocycles. The van der Waals surface area contributed by atoms with Crippen molar-refractivity contribution in [1.29, 1.82) is 0 Å². The van der Waals surface area contributed by atoms with Gasteiger partial charge in [0.15, 0.2) is 5.65 Å². The van der Waals surface area contributed by atoms with Crippen LogP contribution in [0.25, 0.3) is 16.7 Å². The van der Waals surface area contributed by atoms with Gasteiger partial charge in [0.2, 0.25) is 0 Å². The van der Waals surface area contributed by atoms with Gasteiger partial charge in [0.05, 0.1) is 17.3 Å². The molecule has 3 aromatic heterocycles. The Labute approximate surface area is 136 Å². The van der Waals surface area contributed by atoms with Gasteiger partial charge in [-0.15, -0.1) is 0 Å². The molecule has 0 aromatic carbocycles. The molecule has 0 aliphatic carbocycles. The van der Waals surface area contributed by atoms with Crippen LogP contribution < -0.4 is 5.32 Å². The highest BCUT2D eigenvalue weighted by Crippen LogP contribution is 2.30. The van der Waals surface area contributed by atoms with E-state index in [1.807, 2.05) is 18.3 Å². The predicted octanol–water partition coefficient (Wildman–Crippen LogP) is 2.41. The van der Waals surface area contributed by atoms with Crippen LogP contribution in [0.1, 0.15) is 11.3 Å². The quantitative estimate of drug-likeness (QED) is 0.784. The highest BCUT2D eigenvalue weighted by Gasteiger charge is 2.17. The molecule has 0 saturated carbocycles. The Morgan fingerprint density at radius 3 is 2.74 bits per heavy atom. The highest BCUT2D eigenvalue weighted by atomic mass is 15.1. The van der Waals surface area contributed by atoms with E-state index < -0.39 is 0 Å². The van der Waals surface area contributed by atoms with Crippen molar-refractivity contribution < 1.29 is 0 Å². The predicted molar refractivity (Wildman–Crippen MR) is 93.2 cm³/mol. The zero-order valence-electron chi connectivity index (χ0n) is 14.0. The molecule has 0 aliphatic heterocycles. The van der Waals surface area contributed by atoms with Crippen molar-refractivity contribution in [3.05, 3.63) is 42.1 Å². The summed E-state index contributed by atoms with van der Waals surface area (Å²) < 4.78 is 2.14. The Bertz CT molecular complexity index is 807. The normalized spacial score (nSPS) is 11.3. The third-order valence-corrected chi connectivity index (χ3v) is 4.05. The van der Waals surface area contributed by atoms with Crippen LogP contribution in [0.3, 0.4) is 0 Å². The van der Waals surface area contributed by atoms with Crippen LogP contribution in [-0.2, 0) is 0 Å². The number of pyridine rings is 1. The number of nitrogens with one attached hydrogen (secondary N) is 1. The van der Waals surface area contributed by atoms with E-state index >= 15 is 0 Å². The van der Waals surface area contributed by atoms with Gasteiger partial charge >= 0.3 is 0 Å². The van der Waals surface area contributed by atoms with Crippen LogP contribution in [0.2, 0.25) is 0 Å². The first-order valence-corrected chi connectivity index (χ1v) is 7.71. The van der Waals surface area contributed by atoms with Crippen molar-refractivity contribution in [2.45, 2.75) is 13.8 Å². The molecule has 6 heteroatoms. The second-order valence-electron chi connectivity index (χ2n) is 5.91. The van der Waals surface area contributed by atoms with E-state index in [1.54, 1.807) is 12.5 Å². The van der Waals surface area contributed by atoms with Crippen LogP contribution in [0.5, 0.6) is 0 Å². The average Bonchev–Trinajstić information content (AvgIpc) is 2.80. The smallest absolute Gasteiger partial charge is 0.150 e. The van der Waals surface area contributed by atoms with Gasteiger partial charge in [0.1, 0.15) is 12.1 Å². The topological polar surface area (TPSA) is 58.9 Å². The fourth-order valence-electron chi connectivity index (χ4n) is 2.73. The second kappa shape index (κ2) is 6.34. The van der Waals surface area contributed by atoms with Crippen LogP contribution in [0.4, 0.5) is 5.82 Å². The summed E-state index contributed by atoms with van der Waals surface area (Å²) in [6.07, 6.45) is 5.25. The number of aromatic nitrogens is 4. The molecule has 0 aliphatic rings. The Kier molecular flexibility index (Phi) is 4.25. The number of fused-ring (bicyclic) bond motifs is 1. The first-order chi connectivity index (χ1) is 11.1. The molecule has 0 fully saturated rings. The first-order valence-electron chi connectivity index (χ1n) is 7.71. The van der Waals surface area contributed by atoms with Crippen molar-refractivity contribution >= 4 is 16.9 Å². The maximum atomic E-state index is 4.52. The zero-order chi connectivity index (χ0) is 16.4. The van der Waals surface area contributed by atoms with E-state index in [4.69, 9.17) is 0 Å². The Hall–Kier alpha value is -2.47. The lowest BCUT2D eigenvalue weighted by molar-refractivity contribution is 0.425. The lowest BCUT2D eigenvalue weighted by Gasteiger charge is -2.11. The fraction of sp³-hybridized carbons (Fsp3) is 0.353. The SMILES string of the molecule is Cc1c(C)n(-c2cccnc2)c2ncnc(NCCN(C)C)c12. The van der Waals surface area contributed by atoms with Crippen LogP contribution in [-0.4, -0.2) is 51.6 Å². The molecule has 0 unspecified atom stereocenters. The summed E-state index contributed by atoms with van der Waals surface area (Å²) in [5.41, 5.74) is 4.28. The van der Waals surface area contributed by atoms with Crippen molar-refractivity contribution in [1.82, 2.24) is 24.4 Å². The molecule has 0 radical (unpaired) electrons. The van der Waals surface area contributed by atoms with E-state index in [0.29, 0.717) is 0 Å². The van der Waals surface area contributed by atoms with E-state index in [0.717, 1.165) is 41.3 Å². The molecule has 3 rings (SSSR count). The minimum atomic E-state index is 0.843. The lowest BCUT2D eigenvalue weighted by Crippen LogP contribution is -2.21. The van der Waals surface area contributed by atoms with Gasteiger partial charge in [-0.3, -0.25) is 9.55 Å². The van der Waals surface area contributed by atoms with Gasteiger partial charge in [0, 0.05) is 25.0 Å². The maximum Gasteiger partial charge on any atom is 0.150 e. The van der Waals surface area contributed by atoms with Gasteiger partial charge < -0.3 is 10.2 Å².